The maximum atomic E-state index is 12.8. The highest BCUT2D eigenvalue weighted by Crippen LogP contribution is 2.32. The summed E-state index contributed by atoms with van der Waals surface area (Å²) in [6, 6.07) is 7.40. The fourth-order valence-corrected chi connectivity index (χ4v) is 4.45. The molecule has 2 N–H and O–H groups in total. The van der Waals surface area contributed by atoms with Crippen LogP contribution in [0.5, 0.6) is 0 Å². The highest BCUT2D eigenvalue weighted by Gasteiger charge is 2.30. The van der Waals surface area contributed by atoms with Gasteiger partial charge < -0.3 is 34.6 Å². The topological polar surface area (TPSA) is 118 Å². The zero-order valence-corrected chi connectivity index (χ0v) is 21.8. The van der Waals surface area contributed by atoms with Gasteiger partial charge in [0.2, 0.25) is 5.91 Å². The maximum Gasteiger partial charge on any atom is 0.319 e. The average Bonchev–Trinajstić information content (AvgIpc) is 2.91. The molecule has 3 heterocycles. The van der Waals surface area contributed by atoms with Gasteiger partial charge in [-0.05, 0) is 38.1 Å². The number of ether oxygens (including phenoxy) is 3. The van der Waals surface area contributed by atoms with Crippen molar-refractivity contribution in [3.8, 4) is 11.4 Å². The third-order valence-electron chi connectivity index (χ3n) is 6.43. The second-order valence-corrected chi connectivity index (χ2v) is 9.09. The summed E-state index contributed by atoms with van der Waals surface area (Å²) in [4.78, 5) is 38.6. The third-order valence-corrected chi connectivity index (χ3v) is 6.43. The van der Waals surface area contributed by atoms with Crippen molar-refractivity contribution < 1.29 is 23.8 Å². The SMILES string of the molecule is CCNC(=O)Nc1ccc(-c2nc3c(c(N4CCOC[C@@H]4C)n2)CN(C(=O)COCCOC)CC3)cc1. The number of hydrogen-bond donors (Lipinski definition) is 2. The van der Waals surface area contributed by atoms with Crippen LogP contribution in [0.4, 0.5) is 16.3 Å². The molecule has 3 amide bonds. The first kappa shape index (κ1) is 26.8. The first-order valence-electron chi connectivity index (χ1n) is 12.7. The Kier molecular flexibility index (Phi) is 9.26. The summed E-state index contributed by atoms with van der Waals surface area (Å²) in [6.45, 7) is 8.37. The number of aromatic nitrogens is 2. The van der Waals surface area contributed by atoms with Crippen LogP contribution in [-0.2, 0) is 32.0 Å². The lowest BCUT2D eigenvalue weighted by atomic mass is 10.0. The van der Waals surface area contributed by atoms with Gasteiger partial charge in [0.1, 0.15) is 12.4 Å². The predicted octanol–water partition coefficient (Wildman–Crippen LogP) is 2.06. The van der Waals surface area contributed by atoms with E-state index in [4.69, 9.17) is 24.2 Å². The van der Waals surface area contributed by atoms with E-state index in [0.29, 0.717) is 70.5 Å². The molecule has 1 aromatic carbocycles. The Labute approximate surface area is 217 Å². The molecule has 4 rings (SSSR count). The smallest absolute Gasteiger partial charge is 0.319 e. The van der Waals surface area contributed by atoms with Crippen LogP contribution in [0, 0.1) is 0 Å². The van der Waals surface area contributed by atoms with E-state index in [0.717, 1.165) is 22.6 Å². The molecule has 11 heteroatoms. The second-order valence-electron chi connectivity index (χ2n) is 9.09. The van der Waals surface area contributed by atoms with Gasteiger partial charge in [0, 0.05) is 50.0 Å². The number of anilines is 2. The Hall–Kier alpha value is -3.28. The second kappa shape index (κ2) is 12.8. The number of nitrogens with one attached hydrogen (secondary N) is 2. The van der Waals surface area contributed by atoms with Crippen molar-refractivity contribution in [1.82, 2.24) is 20.2 Å². The van der Waals surface area contributed by atoms with Crippen molar-refractivity contribution in [1.29, 1.82) is 0 Å². The normalized spacial score (nSPS) is 17.3. The fourth-order valence-electron chi connectivity index (χ4n) is 4.45. The number of carbonyl (C=O) groups is 2. The van der Waals surface area contributed by atoms with E-state index in [2.05, 4.69) is 22.5 Å². The lowest BCUT2D eigenvalue weighted by Crippen LogP contribution is -2.46. The van der Waals surface area contributed by atoms with Crippen molar-refractivity contribution in [2.45, 2.75) is 32.9 Å². The monoisotopic (exact) mass is 512 g/mol. The summed E-state index contributed by atoms with van der Waals surface area (Å²) in [5.74, 6) is 1.42. The summed E-state index contributed by atoms with van der Waals surface area (Å²) in [5, 5.41) is 5.53. The van der Waals surface area contributed by atoms with Gasteiger partial charge in [-0.1, -0.05) is 0 Å². The molecule has 1 atom stereocenters. The Morgan fingerprint density at radius 1 is 1.16 bits per heavy atom. The van der Waals surface area contributed by atoms with E-state index in [1.807, 2.05) is 36.1 Å². The van der Waals surface area contributed by atoms with Gasteiger partial charge >= 0.3 is 6.03 Å². The molecule has 1 fully saturated rings. The van der Waals surface area contributed by atoms with Gasteiger partial charge in [0.05, 0.1) is 44.7 Å². The quantitative estimate of drug-likeness (QED) is 0.490. The zero-order valence-electron chi connectivity index (χ0n) is 21.8. The van der Waals surface area contributed by atoms with E-state index in [9.17, 15) is 9.59 Å². The summed E-state index contributed by atoms with van der Waals surface area (Å²) in [7, 11) is 1.60. The molecule has 1 aromatic heterocycles. The largest absolute Gasteiger partial charge is 0.382 e. The Balaban J connectivity index is 1.59. The van der Waals surface area contributed by atoms with E-state index in [-0.39, 0.29) is 24.6 Å². The molecule has 200 valence electrons. The van der Waals surface area contributed by atoms with Gasteiger partial charge in [-0.15, -0.1) is 0 Å². The predicted molar refractivity (Wildman–Crippen MR) is 140 cm³/mol. The Morgan fingerprint density at radius 2 is 1.97 bits per heavy atom. The zero-order chi connectivity index (χ0) is 26.2. The molecular weight excluding hydrogens is 476 g/mol. The standard InChI is InChI=1S/C26H36N6O5/c1-4-27-26(34)28-20-7-5-19(6-8-20)24-29-22-9-10-31(23(33)17-37-14-13-35-3)15-21(22)25(30-24)32-11-12-36-16-18(32)2/h5-8,18H,4,9-17H2,1-3H3,(H2,27,28,34)/t18-/m0/s1. The van der Waals surface area contributed by atoms with E-state index in [1.54, 1.807) is 7.11 Å². The number of carbonyl (C=O) groups excluding carboxylic acids is 2. The number of nitrogens with zero attached hydrogens (tertiary/aromatic N) is 4. The average molecular weight is 513 g/mol. The molecule has 0 spiro atoms. The van der Waals surface area contributed by atoms with Gasteiger partial charge in [0.15, 0.2) is 5.82 Å². The maximum absolute atomic E-state index is 12.8. The van der Waals surface area contributed by atoms with Crippen LogP contribution >= 0.6 is 0 Å². The van der Waals surface area contributed by atoms with Crippen molar-refractivity contribution in [2.24, 2.45) is 0 Å². The minimum atomic E-state index is -0.243. The van der Waals surface area contributed by atoms with Crippen molar-refractivity contribution in [3.05, 3.63) is 35.5 Å². The van der Waals surface area contributed by atoms with Crippen LogP contribution in [0.25, 0.3) is 11.4 Å². The summed E-state index contributed by atoms with van der Waals surface area (Å²) in [6.07, 6.45) is 0.636. The lowest BCUT2D eigenvalue weighted by molar-refractivity contribution is -0.137. The van der Waals surface area contributed by atoms with Crippen molar-refractivity contribution in [2.75, 3.05) is 70.0 Å². The molecule has 0 aliphatic carbocycles. The summed E-state index contributed by atoms with van der Waals surface area (Å²) >= 11 is 0. The van der Waals surface area contributed by atoms with Crippen molar-refractivity contribution in [3.63, 3.8) is 0 Å². The number of morpholine rings is 1. The summed E-state index contributed by atoms with van der Waals surface area (Å²) in [5.41, 5.74) is 3.48. The molecule has 2 aromatic rings. The first-order chi connectivity index (χ1) is 18.0. The Bertz CT molecular complexity index is 1080. The van der Waals surface area contributed by atoms with Gasteiger partial charge in [-0.3, -0.25) is 4.79 Å². The summed E-state index contributed by atoms with van der Waals surface area (Å²) < 4.78 is 16.1. The number of rotatable bonds is 9. The third kappa shape index (κ3) is 6.73. The van der Waals surface area contributed by atoms with Crippen LogP contribution in [0.15, 0.2) is 24.3 Å². The van der Waals surface area contributed by atoms with Crippen LogP contribution in [-0.4, -0.2) is 92.6 Å². The first-order valence-corrected chi connectivity index (χ1v) is 12.7. The number of urea groups is 1. The molecule has 0 bridgehead atoms. The molecule has 1 saturated heterocycles. The highest BCUT2D eigenvalue weighted by molar-refractivity contribution is 5.89. The molecular formula is C26H36N6O5. The number of amides is 3. The minimum absolute atomic E-state index is 0.0254. The lowest BCUT2D eigenvalue weighted by Gasteiger charge is -2.38. The number of hydrogen-bond acceptors (Lipinski definition) is 8. The van der Waals surface area contributed by atoms with Crippen LogP contribution < -0.4 is 15.5 Å². The molecule has 11 nitrogen and oxygen atoms in total. The van der Waals surface area contributed by atoms with E-state index >= 15 is 0 Å². The van der Waals surface area contributed by atoms with Crippen molar-refractivity contribution >= 4 is 23.4 Å². The van der Waals surface area contributed by atoms with E-state index in [1.165, 1.54) is 0 Å². The van der Waals surface area contributed by atoms with Crippen LogP contribution in [0.3, 0.4) is 0 Å². The fraction of sp³-hybridized carbons (Fsp3) is 0.538. The van der Waals surface area contributed by atoms with Crippen LogP contribution in [0.2, 0.25) is 0 Å². The molecule has 2 aliphatic rings. The minimum Gasteiger partial charge on any atom is -0.382 e. The molecule has 0 unspecified atom stereocenters. The highest BCUT2D eigenvalue weighted by atomic mass is 16.5. The molecule has 0 saturated carbocycles. The molecule has 37 heavy (non-hydrogen) atoms. The molecule has 0 radical (unpaired) electrons. The van der Waals surface area contributed by atoms with Gasteiger partial charge in [-0.2, -0.15) is 0 Å². The number of methoxy groups -OCH3 is 1. The van der Waals surface area contributed by atoms with E-state index < -0.39 is 0 Å². The van der Waals surface area contributed by atoms with Crippen LogP contribution in [0.1, 0.15) is 25.1 Å². The molecule has 2 aliphatic heterocycles. The number of benzene rings is 1. The van der Waals surface area contributed by atoms with Gasteiger partial charge in [0.25, 0.3) is 0 Å². The number of fused-ring (bicyclic) bond motifs is 1. The Morgan fingerprint density at radius 3 is 2.70 bits per heavy atom. The van der Waals surface area contributed by atoms with Gasteiger partial charge in [-0.25, -0.2) is 14.8 Å².